The van der Waals surface area contributed by atoms with Gasteiger partial charge in [-0.05, 0) is 0 Å². The molecule has 0 bridgehead atoms. The molecule has 0 spiro atoms. The molecule has 0 amide bonds. The number of rotatable bonds is 0. The number of hydrogen-bond donors (Lipinski definition) is 0. The summed E-state index contributed by atoms with van der Waals surface area (Å²) >= 11 is 2.69. The summed E-state index contributed by atoms with van der Waals surface area (Å²) in [5, 5.41) is 0. The summed E-state index contributed by atoms with van der Waals surface area (Å²) in [5.74, 6) is 0. The molecule has 0 N–H and O–H groups in total. The third kappa shape index (κ3) is 3.60. The van der Waals surface area contributed by atoms with Gasteiger partial charge in [0.2, 0.25) is 0 Å². The Morgan fingerprint density at radius 1 is 1.20 bits per heavy atom. The first-order valence-corrected chi connectivity index (χ1v) is 3.85. The quantitative estimate of drug-likeness (QED) is 0.417. The molecule has 1 heteroatoms. The van der Waals surface area contributed by atoms with Crippen molar-refractivity contribution >= 4 is 5.42 Å². The van der Waals surface area contributed by atoms with Gasteiger partial charge in [0.05, 0.1) is 0 Å². The van der Waals surface area contributed by atoms with Crippen molar-refractivity contribution < 1.29 is 15.6 Å². The Bertz CT molecular complexity index is 176. The first kappa shape index (κ1) is 9.61. The van der Waals surface area contributed by atoms with Crippen molar-refractivity contribution in [1.82, 2.24) is 0 Å². The van der Waals surface area contributed by atoms with Crippen LogP contribution in [0.15, 0.2) is 18.2 Å². The van der Waals surface area contributed by atoms with Gasteiger partial charge in [0, 0.05) is 0 Å². The van der Waals surface area contributed by atoms with Gasteiger partial charge < -0.3 is 0 Å². The Balaban J connectivity index is 0.000000371. The normalized spacial score (nSPS) is 7.80. The van der Waals surface area contributed by atoms with Crippen LogP contribution in [0.3, 0.4) is 0 Å². The molecule has 0 aromatic heterocycles. The molecule has 0 saturated carbocycles. The molecule has 1 rings (SSSR count). The molecule has 0 atom stereocenters. The van der Waals surface area contributed by atoms with Gasteiger partial charge in [-0.3, -0.25) is 0 Å². The maximum absolute atomic E-state index is 3.17. The molecule has 0 aliphatic heterocycles. The molecule has 0 fully saturated rings. The molecular weight excluding hydrogens is 163 g/mol. The molecule has 1 aromatic carbocycles. The zero-order valence-electron chi connectivity index (χ0n) is 6.32. The molecule has 1 aromatic rings. The second-order valence-corrected chi connectivity index (χ2v) is 2.02. The molecular formula is C9H11Mn-. The minimum atomic E-state index is 1.21. The molecule has 55 valence electrons. The first-order valence-electron chi connectivity index (χ1n) is 3.01. The van der Waals surface area contributed by atoms with Gasteiger partial charge in [-0.15, -0.1) is 0 Å². The van der Waals surface area contributed by atoms with Crippen LogP contribution in [0.25, 0.3) is 0 Å². The van der Waals surface area contributed by atoms with E-state index < -0.39 is 0 Å². The van der Waals surface area contributed by atoms with E-state index in [1.165, 1.54) is 11.1 Å². The Kier molecular flexibility index (Phi) is 5.19. The Hall–Kier alpha value is -0.391. The van der Waals surface area contributed by atoms with Crippen molar-refractivity contribution in [2.24, 2.45) is 0 Å². The van der Waals surface area contributed by atoms with Crippen molar-refractivity contribution in [3.05, 3.63) is 35.4 Å². The summed E-state index contributed by atoms with van der Waals surface area (Å²) in [6.45, 7) is 4.10. The van der Waals surface area contributed by atoms with E-state index in [1.807, 2.05) is 32.0 Å². The molecule has 0 nitrogen and oxygen atoms in total. The summed E-state index contributed by atoms with van der Waals surface area (Å²) in [6, 6.07) is 9.31. The maximum atomic E-state index is 3.17. The summed E-state index contributed by atoms with van der Waals surface area (Å²) < 4.78 is 0. The molecule has 0 radical (unpaired) electrons. The van der Waals surface area contributed by atoms with E-state index >= 15 is 0 Å². The van der Waals surface area contributed by atoms with E-state index in [0.717, 1.165) is 0 Å². The molecule has 10 heavy (non-hydrogen) atoms. The Labute approximate surface area is 70.6 Å². The molecule has 0 aliphatic rings. The van der Waals surface area contributed by atoms with Crippen LogP contribution in [0.1, 0.15) is 11.1 Å². The fourth-order valence-electron chi connectivity index (χ4n) is 0.731. The van der Waals surface area contributed by atoms with E-state index in [4.69, 9.17) is 0 Å². The third-order valence-corrected chi connectivity index (χ3v) is 1.09. The van der Waals surface area contributed by atoms with Crippen LogP contribution >= 0.6 is 0 Å². The monoisotopic (exact) mass is 174 g/mol. The van der Waals surface area contributed by atoms with Gasteiger partial charge in [0.15, 0.2) is 0 Å². The SMILES string of the molecule is Cc1[c-]c(C)ccc1.[CH2]=[Mn]. The zero-order chi connectivity index (χ0) is 7.98. The standard InChI is InChI=1S/C8H9.CH2.Mn/c1-7-4-3-5-8(2)6-7;;/h3-5H,1-2H3;1H2;/q-1;;. The molecule has 0 heterocycles. The van der Waals surface area contributed by atoms with Gasteiger partial charge in [-0.1, -0.05) is 13.8 Å². The van der Waals surface area contributed by atoms with E-state index in [0.29, 0.717) is 0 Å². The van der Waals surface area contributed by atoms with Crippen molar-refractivity contribution in [3.63, 3.8) is 0 Å². The first-order chi connectivity index (χ1) is 4.79. The summed E-state index contributed by atoms with van der Waals surface area (Å²) in [6.07, 6.45) is 0. The fourth-order valence-corrected chi connectivity index (χ4v) is 0.731. The second-order valence-electron chi connectivity index (χ2n) is 2.02. The van der Waals surface area contributed by atoms with E-state index in [2.05, 4.69) is 27.1 Å². The van der Waals surface area contributed by atoms with E-state index in [1.54, 1.807) is 0 Å². The van der Waals surface area contributed by atoms with Gasteiger partial charge in [-0.2, -0.15) is 35.4 Å². The molecule has 0 saturated heterocycles. The van der Waals surface area contributed by atoms with Crippen molar-refractivity contribution in [2.45, 2.75) is 13.8 Å². The molecule has 0 aliphatic carbocycles. The van der Waals surface area contributed by atoms with Crippen LogP contribution in [0, 0.1) is 19.9 Å². The van der Waals surface area contributed by atoms with Crippen molar-refractivity contribution in [2.75, 3.05) is 0 Å². The number of hydrogen-bond acceptors (Lipinski definition) is 0. The van der Waals surface area contributed by atoms with Crippen LogP contribution in [-0.4, -0.2) is 5.42 Å². The Morgan fingerprint density at radius 3 is 1.80 bits per heavy atom. The van der Waals surface area contributed by atoms with Crippen LogP contribution in [0.2, 0.25) is 0 Å². The minimum absolute atomic E-state index is 1.21. The van der Waals surface area contributed by atoms with E-state index in [-0.39, 0.29) is 0 Å². The fraction of sp³-hybridized carbons (Fsp3) is 0.222. The van der Waals surface area contributed by atoms with Gasteiger partial charge >= 0.3 is 21.0 Å². The van der Waals surface area contributed by atoms with Crippen LogP contribution in [-0.2, 0) is 15.6 Å². The van der Waals surface area contributed by atoms with Crippen molar-refractivity contribution in [1.29, 1.82) is 0 Å². The van der Waals surface area contributed by atoms with Gasteiger partial charge in [-0.25, -0.2) is 0 Å². The summed E-state index contributed by atoms with van der Waals surface area (Å²) in [5.41, 5.74) is 5.49. The predicted molar refractivity (Wildman–Crippen MR) is 41.9 cm³/mol. The summed E-state index contributed by atoms with van der Waals surface area (Å²) in [7, 11) is 0. The molecule has 0 unspecified atom stereocenters. The third-order valence-electron chi connectivity index (χ3n) is 1.09. The zero-order valence-corrected chi connectivity index (χ0v) is 7.50. The van der Waals surface area contributed by atoms with Gasteiger partial charge in [0.1, 0.15) is 0 Å². The number of benzene rings is 1. The predicted octanol–water partition coefficient (Wildman–Crippen LogP) is 2.07. The average molecular weight is 174 g/mol. The van der Waals surface area contributed by atoms with Crippen LogP contribution in [0.5, 0.6) is 0 Å². The van der Waals surface area contributed by atoms with Crippen LogP contribution in [0.4, 0.5) is 0 Å². The number of aryl methyl sites for hydroxylation is 2. The van der Waals surface area contributed by atoms with Crippen molar-refractivity contribution in [3.8, 4) is 0 Å². The Morgan fingerprint density at radius 2 is 1.60 bits per heavy atom. The van der Waals surface area contributed by atoms with Gasteiger partial charge in [0.25, 0.3) is 0 Å². The van der Waals surface area contributed by atoms with E-state index in [9.17, 15) is 0 Å². The van der Waals surface area contributed by atoms with Crippen LogP contribution < -0.4 is 0 Å². The summed E-state index contributed by atoms with van der Waals surface area (Å²) in [4.78, 5) is 0. The topological polar surface area (TPSA) is 0 Å². The average Bonchev–Trinajstić information content (AvgIpc) is 1.91. The second kappa shape index (κ2) is 5.40.